The number of amides is 1. The molecule has 2 aliphatic rings. The van der Waals surface area contributed by atoms with Crippen LogP contribution in [0.15, 0.2) is 12.4 Å². The molecule has 1 heterocycles. The number of aliphatic carboxylic acids is 1. The number of nitrogens with one attached hydrogen (secondary N) is 1. The predicted octanol–water partition coefficient (Wildman–Crippen LogP) is 1.35. The highest BCUT2D eigenvalue weighted by molar-refractivity contribution is 5.93. The molecule has 7 heteroatoms. The highest BCUT2D eigenvalue weighted by Gasteiger charge is 2.37. The van der Waals surface area contributed by atoms with Crippen LogP contribution in [0.2, 0.25) is 0 Å². The summed E-state index contributed by atoms with van der Waals surface area (Å²) in [4.78, 5) is 25.3. The largest absolute Gasteiger partial charge is 0.480 e. The van der Waals surface area contributed by atoms with E-state index in [9.17, 15) is 9.59 Å². The first-order chi connectivity index (χ1) is 11.5. The van der Waals surface area contributed by atoms with Gasteiger partial charge in [-0.3, -0.25) is 19.2 Å². The Morgan fingerprint density at radius 1 is 1.42 bits per heavy atom. The molecule has 0 radical (unpaired) electrons. The normalized spacial score (nSPS) is 23.1. The molecule has 2 N–H and O–H groups in total. The Kier molecular flexibility index (Phi) is 5.18. The second-order valence-corrected chi connectivity index (χ2v) is 7.05. The number of carboxylic acid groups (broad SMARTS) is 1. The molecular weight excluding hydrogens is 308 g/mol. The van der Waals surface area contributed by atoms with E-state index in [1.807, 2.05) is 0 Å². The van der Waals surface area contributed by atoms with Gasteiger partial charge in [-0.05, 0) is 38.0 Å². The van der Waals surface area contributed by atoms with Gasteiger partial charge in [-0.2, -0.15) is 5.10 Å². The number of aryl methyl sites for hydroxylation is 1. The highest BCUT2D eigenvalue weighted by Crippen LogP contribution is 2.33. The Balaban J connectivity index is 1.46. The first-order valence-electron chi connectivity index (χ1n) is 8.84. The number of carbonyl (C=O) groups is 2. The molecule has 2 fully saturated rings. The maximum Gasteiger partial charge on any atom is 0.317 e. The Labute approximate surface area is 142 Å². The molecule has 1 aromatic rings. The van der Waals surface area contributed by atoms with E-state index in [-0.39, 0.29) is 24.5 Å². The fourth-order valence-electron chi connectivity index (χ4n) is 3.25. The topological polar surface area (TPSA) is 87.5 Å². The maximum absolute atomic E-state index is 12.2. The molecule has 1 aromatic heterocycles. The van der Waals surface area contributed by atoms with Crippen molar-refractivity contribution in [1.82, 2.24) is 20.0 Å². The van der Waals surface area contributed by atoms with Crippen LogP contribution in [0.3, 0.4) is 0 Å². The Bertz CT molecular complexity index is 590. The molecule has 0 aromatic carbocycles. The second kappa shape index (κ2) is 7.34. The first kappa shape index (κ1) is 17.0. The van der Waals surface area contributed by atoms with Crippen molar-refractivity contribution in [2.75, 3.05) is 13.1 Å². The highest BCUT2D eigenvalue weighted by atomic mass is 16.4. The average molecular weight is 334 g/mol. The van der Waals surface area contributed by atoms with Crippen LogP contribution < -0.4 is 5.32 Å². The molecule has 7 nitrogen and oxygen atoms in total. The van der Waals surface area contributed by atoms with E-state index in [4.69, 9.17) is 5.11 Å². The standard InChI is InChI=1S/C17H26N4O3/c1-2-5-21-10-13(8-18-21)17(24)19-14-6-15(7-14)20(11-16(22)23)9-12-3-4-12/h8,10,12,14-15H,2-7,9,11H2,1H3,(H,19,24)(H,22,23). The molecule has 132 valence electrons. The molecule has 0 atom stereocenters. The van der Waals surface area contributed by atoms with E-state index in [0.717, 1.165) is 32.4 Å². The minimum atomic E-state index is -0.772. The van der Waals surface area contributed by atoms with Gasteiger partial charge < -0.3 is 10.4 Å². The minimum Gasteiger partial charge on any atom is -0.480 e. The van der Waals surface area contributed by atoms with Crippen molar-refractivity contribution < 1.29 is 14.7 Å². The third-order valence-corrected chi connectivity index (χ3v) is 4.84. The summed E-state index contributed by atoms with van der Waals surface area (Å²) in [6.45, 7) is 3.86. The van der Waals surface area contributed by atoms with Crippen molar-refractivity contribution in [3.05, 3.63) is 18.0 Å². The molecule has 24 heavy (non-hydrogen) atoms. The van der Waals surface area contributed by atoms with Gasteiger partial charge >= 0.3 is 5.97 Å². The molecule has 3 rings (SSSR count). The van der Waals surface area contributed by atoms with Crippen molar-refractivity contribution >= 4 is 11.9 Å². The lowest BCUT2D eigenvalue weighted by Crippen LogP contribution is -2.55. The fraction of sp³-hybridized carbons (Fsp3) is 0.706. The Hall–Kier alpha value is -1.89. The molecule has 0 aliphatic heterocycles. The summed E-state index contributed by atoms with van der Waals surface area (Å²) < 4.78 is 1.78. The number of aromatic nitrogens is 2. The van der Waals surface area contributed by atoms with Crippen LogP contribution in [0.25, 0.3) is 0 Å². The summed E-state index contributed by atoms with van der Waals surface area (Å²) in [5, 5.41) is 16.3. The van der Waals surface area contributed by atoms with Crippen molar-refractivity contribution in [2.45, 2.75) is 57.7 Å². The summed E-state index contributed by atoms with van der Waals surface area (Å²) >= 11 is 0. The maximum atomic E-state index is 12.2. The van der Waals surface area contributed by atoms with E-state index in [1.165, 1.54) is 12.8 Å². The van der Waals surface area contributed by atoms with Crippen LogP contribution in [0.4, 0.5) is 0 Å². The van der Waals surface area contributed by atoms with Crippen LogP contribution in [0.1, 0.15) is 49.4 Å². The van der Waals surface area contributed by atoms with Crippen molar-refractivity contribution in [2.24, 2.45) is 5.92 Å². The molecule has 0 unspecified atom stereocenters. The zero-order valence-electron chi connectivity index (χ0n) is 14.1. The summed E-state index contributed by atoms with van der Waals surface area (Å²) in [5.41, 5.74) is 0.590. The zero-order chi connectivity index (χ0) is 17.1. The summed E-state index contributed by atoms with van der Waals surface area (Å²) in [7, 11) is 0. The number of hydrogen-bond acceptors (Lipinski definition) is 4. The van der Waals surface area contributed by atoms with Crippen LogP contribution in [0, 0.1) is 5.92 Å². The van der Waals surface area contributed by atoms with Crippen LogP contribution in [0.5, 0.6) is 0 Å². The molecular formula is C17H26N4O3. The fourth-order valence-corrected chi connectivity index (χ4v) is 3.25. The molecule has 0 bridgehead atoms. The Morgan fingerprint density at radius 3 is 2.79 bits per heavy atom. The van der Waals surface area contributed by atoms with Crippen LogP contribution >= 0.6 is 0 Å². The van der Waals surface area contributed by atoms with Gasteiger partial charge in [0.05, 0.1) is 18.3 Å². The van der Waals surface area contributed by atoms with Gasteiger partial charge in [0.2, 0.25) is 0 Å². The third kappa shape index (κ3) is 4.35. The molecule has 1 amide bonds. The Morgan fingerprint density at radius 2 is 2.17 bits per heavy atom. The van der Waals surface area contributed by atoms with Gasteiger partial charge in [-0.25, -0.2) is 0 Å². The number of nitrogens with zero attached hydrogens (tertiary/aromatic N) is 3. The molecule has 0 saturated heterocycles. The van der Waals surface area contributed by atoms with Gasteiger partial charge in [-0.1, -0.05) is 6.92 Å². The van der Waals surface area contributed by atoms with Crippen molar-refractivity contribution in [3.63, 3.8) is 0 Å². The molecule has 0 spiro atoms. The van der Waals surface area contributed by atoms with Crippen LogP contribution in [-0.2, 0) is 11.3 Å². The average Bonchev–Trinajstić information content (AvgIpc) is 3.17. The lowest BCUT2D eigenvalue weighted by Gasteiger charge is -2.42. The smallest absolute Gasteiger partial charge is 0.317 e. The number of hydrogen-bond donors (Lipinski definition) is 2. The van der Waals surface area contributed by atoms with Gasteiger partial charge in [0, 0.05) is 31.4 Å². The van der Waals surface area contributed by atoms with Gasteiger partial charge in [-0.15, -0.1) is 0 Å². The lowest BCUT2D eigenvalue weighted by molar-refractivity contribution is -0.139. The molecule has 2 saturated carbocycles. The van der Waals surface area contributed by atoms with Crippen LogP contribution in [-0.4, -0.2) is 56.8 Å². The first-order valence-corrected chi connectivity index (χ1v) is 8.84. The van der Waals surface area contributed by atoms with E-state index >= 15 is 0 Å². The number of carboxylic acids is 1. The van der Waals surface area contributed by atoms with E-state index in [1.54, 1.807) is 17.1 Å². The van der Waals surface area contributed by atoms with Crippen molar-refractivity contribution in [3.8, 4) is 0 Å². The SMILES string of the molecule is CCCn1cc(C(=O)NC2CC(N(CC(=O)O)CC3CC3)C2)cn1. The summed E-state index contributed by atoms with van der Waals surface area (Å²) in [5.74, 6) is -0.193. The quantitative estimate of drug-likeness (QED) is 0.712. The third-order valence-electron chi connectivity index (χ3n) is 4.84. The van der Waals surface area contributed by atoms with Gasteiger partial charge in [0.25, 0.3) is 5.91 Å². The molecule has 2 aliphatic carbocycles. The van der Waals surface area contributed by atoms with Gasteiger partial charge in [0.1, 0.15) is 0 Å². The van der Waals surface area contributed by atoms with Crippen molar-refractivity contribution in [1.29, 1.82) is 0 Å². The minimum absolute atomic E-state index is 0.0900. The van der Waals surface area contributed by atoms with E-state index in [0.29, 0.717) is 11.5 Å². The monoisotopic (exact) mass is 334 g/mol. The summed E-state index contributed by atoms with van der Waals surface area (Å²) in [6.07, 6.45) is 8.44. The summed E-state index contributed by atoms with van der Waals surface area (Å²) in [6, 6.07) is 0.405. The lowest BCUT2D eigenvalue weighted by atomic mass is 9.85. The van der Waals surface area contributed by atoms with E-state index < -0.39 is 5.97 Å². The van der Waals surface area contributed by atoms with Gasteiger partial charge in [0.15, 0.2) is 0 Å². The number of carbonyl (C=O) groups excluding carboxylic acids is 1. The zero-order valence-corrected chi connectivity index (χ0v) is 14.1. The second-order valence-electron chi connectivity index (χ2n) is 7.05. The number of rotatable bonds is 9. The van der Waals surface area contributed by atoms with E-state index in [2.05, 4.69) is 22.2 Å². The predicted molar refractivity (Wildman–Crippen MR) is 88.7 cm³/mol.